The van der Waals surface area contributed by atoms with Crippen molar-refractivity contribution in [3.8, 4) is 0 Å². The summed E-state index contributed by atoms with van der Waals surface area (Å²) >= 11 is 13.4. The second kappa shape index (κ2) is 5.36. The molecule has 0 amide bonds. The first-order chi connectivity index (χ1) is 8.06. The van der Waals surface area contributed by atoms with E-state index in [1.54, 1.807) is 12.1 Å². The van der Waals surface area contributed by atoms with E-state index in [4.69, 9.17) is 23.2 Å². The number of aromatic nitrogens is 1. The lowest BCUT2D eigenvalue weighted by atomic mass is 10.1. The van der Waals surface area contributed by atoms with Gasteiger partial charge in [-0.2, -0.15) is 0 Å². The van der Waals surface area contributed by atoms with Crippen LogP contribution in [0.1, 0.15) is 22.4 Å². The Bertz CT molecular complexity index is 527. The zero-order valence-electron chi connectivity index (χ0n) is 9.15. The Morgan fingerprint density at radius 2 is 2.18 bits per heavy atom. The van der Waals surface area contributed by atoms with Crippen LogP contribution in [0.4, 0.5) is 0 Å². The average molecular weight is 288 g/mol. The van der Waals surface area contributed by atoms with E-state index in [1.165, 1.54) is 11.3 Å². The Labute approximate surface area is 114 Å². The molecule has 0 fully saturated rings. The second-order valence-corrected chi connectivity index (χ2v) is 5.65. The number of hydrogen-bond acceptors (Lipinski definition) is 3. The normalized spacial score (nSPS) is 12.7. The molecule has 0 bridgehead atoms. The summed E-state index contributed by atoms with van der Waals surface area (Å²) in [6, 6.07) is 5.27. The van der Waals surface area contributed by atoms with Crippen LogP contribution in [0.25, 0.3) is 0 Å². The van der Waals surface area contributed by atoms with Gasteiger partial charge in [0.05, 0.1) is 10.7 Å². The van der Waals surface area contributed by atoms with Gasteiger partial charge in [-0.25, -0.2) is 4.98 Å². The number of thiazole rings is 1. The second-order valence-electron chi connectivity index (χ2n) is 3.75. The maximum atomic E-state index is 10.0. The van der Waals surface area contributed by atoms with Gasteiger partial charge in [-0.1, -0.05) is 29.3 Å². The summed E-state index contributed by atoms with van der Waals surface area (Å²) in [5, 5.41) is 14.0. The molecule has 0 radical (unpaired) electrons. The predicted octanol–water partition coefficient (Wildman–Crippen LogP) is 4.03. The van der Waals surface area contributed by atoms with E-state index in [9.17, 15) is 5.11 Å². The fourth-order valence-corrected chi connectivity index (χ4v) is 2.68. The number of hydrogen-bond donors (Lipinski definition) is 1. The Morgan fingerprint density at radius 1 is 1.41 bits per heavy atom. The van der Waals surface area contributed by atoms with Crippen LogP contribution in [0.3, 0.4) is 0 Å². The first-order valence-corrected chi connectivity index (χ1v) is 6.74. The number of nitrogens with zero attached hydrogens (tertiary/aromatic N) is 1. The first-order valence-electron chi connectivity index (χ1n) is 5.10. The molecule has 0 saturated heterocycles. The monoisotopic (exact) mass is 287 g/mol. The SMILES string of the molecule is Cc1nc(C(O)Cc2ccc(Cl)cc2Cl)cs1. The van der Waals surface area contributed by atoms with Gasteiger partial charge in [0.2, 0.25) is 0 Å². The van der Waals surface area contributed by atoms with Crippen LogP contribution < -0.4 is 0 Å². The lowest BCUT2D eigenvalue weighted by Crippen LogP contribution is -2.02. The maximum Gasteiger partial charge on any atom is 0.101 e. The molecule has 2 aromatic rings. The largest absolute Gasteiger partial charge is 0.386 e. The third kappa shape index (κ3) is 3.19. The molecule has 0 spiro atoms. The quantitative estimate of drug-likeness (QED) is 0.924. The number of aliphatic hydroxyl groups excluding tert-OH is 1. The highest BCUT2D eigenvalue weighted by molar-refractivity contribution is 7.09. The summed E-state index contributed by atoms with van der Waals surface area (Å²) in [7, 11) is 0. The number of aryl methyl sites for hydroxylation is 1. The van der Waals surface area contributed by atoms with Crippen molar-refractivity contribution in [1.82, 2.24) is 4.98 Å². The zero-order valence-corrected chi connectivity index (χ0v) is 11.5. The van der Waals surface area contributed by atoms with Gasteiger partial charge in [0.1, 0.15) is 6.10 Å². The van der Waals surface area contributed by atoms with Crippen LogP contribution in [0.2, 0.25) is 10.0 Å². The summed E-state index contributed by atoms with van der Waals surface area (Å²) in [6.07, 6.45) is -0.183. The van der Waals surface area contributed by atoms with Gasteiger partial charge >= 0.3 is 0 Å². The zero-order chi connectivity index (χ0) is 12.4. The molecule has 1 unspecified atom stereocenters. The molecular formula is C12H11Cl2NOS. The Balaban J connectivity index is 2.15. The van der Waals surface area contributed by atoms with Crippen molar-refractivity contribution in [3.05, 3.63) is 49.9 Å². The number of benzene rings is 1. The third-order valence-electron chi connectivity index (χ3n) is 2.41. The van der Waals surface area contributed by atoms with Crippen molar-refractivity contribution in [2.45, 2.75) is 19.4 Å². The van der Waals surface area contributed by atoms with Crippen molar-refractivity contribution >= 4 is 34.5 Å². The van der Waals surface area contributed by atoms with Gasteiger partial charge in [0.15, 0.2) is 0 Å². The van der Waals surface area contributed by atoms with Crippen LogP contribution in [-0.2, 0) is 6.42 Å². The Morgan fingerprint density at radius 3 is 2.76 bits per heavy atom. The van der Waals surface area contributed by atoms with Crippen LogP contribution in [0.5, 0.6) is 0 Å². The molecule has 0 aliphatic rings. The molecule has 0 aliphatic carbocycles. The van der Waals surface area contributed by atoms with E-state index in [1.807, 2.05) is 18.4 Å². The molecule has 90 valence electrons. The van der Waals surface area contributed by atoms with E-state index >= 15 is 0 Å². The number of rotatable bonds is 3. The Hall–Kier alpha value is -0.610. The molecule has 1 N–H and O–H groups in total. The van der Waals surface area contributed by atoms with Crippen molar-refractivity contribution in [3.63, 3.8) is 0 Å². The van der Waals surface area contributed by atoms with E-state index in [2.05, 4.69) is 4.98 Å². The molecule has 2 nitrogen and oxygen atoms in total. The van der Waals surface area contributed by atoms with Crippen molar-refractivity contribution < 1.29 is 5.11 Å². The lowest BCUT2D eigenvalue weighted by molar-refractivity contribution is 0.174. The average Bonchev–Trinajstić information content (AvgIpc) is 2.69. The lowest BCUT2D eigenvalue weighted by Gasteiger charge is -2.09. The van der Waals surface area contributed by atoms with E-state index in [-0.39, 0.29) is 0 Å². The summed E-state index contributed by atoms with van der Waals surface area (Å²) in [5.41, 5.74) is 1.56. The minimum Gasteiger partial charge on any atom is -0.386 e. The molecule has 5 heteroatoms. The van der Waals surface area contributed by atoms with E-state index < -0.39 is 6.10 Å². The van der Waals surface area contributed by atoms with Crippen LogP contribution in [-0.4, -0.2) is 10.1 Å². The minimum absolute atomic E-state index is 0.444. The molecule has 0 saturated carbocycles. The summed E-state index contributed by atoms with van der Waals surface area (Å²) in [4.78, 5) is 4.25. The van der Waals surface area contributed by atoms with Gasteiger partial charge < -0.3 is 5.11 Å². The Kier molecular flexibility index (Phi) is 4.05. The van der Waals surface area contributed by atoms with Gasteiger partial charge in [-0.15, -0.1) is 11.3 Å². The van der Waals surface area contributed by atoms with Gasteiger partial charge in [0.25, 0.3) is 0 Å². The van der Waals surface area contributed by atoms with Gasteiger partial charge in [0, 0.05) is 21.8 Å². The molecule has 0 aliphatic heterocycles. The molecule has 1 aromatic carbocycles. The summed E-state index contributed by atoms with van der Waals surface area (Å²) in [6.45, 7) is 1.91. The van der Waals surface area contributed by atoms with Crippen molar-refractivity contribution in [1.29, 1.82) is 0 Å². The standard InChI is InChI=1S/C12H11Cl2NOS/c1-7-15-11(6-17-7)12(16)4-8-2-3-9(13)5-10(8)14/h2-3,5-6,12,16H,4H2,1H3. The highest BCUT2D eigenvalue weighted by atomic mass is 35.5. The van der Waals surface area contributed by atoms with E-state index in [0.29, 0.717) is 22.2 Å². The van der Waals surface area contributed by atoms with Crippen LogP contribution in [0, 0.1) is 6.92 Å². The molecule has 17 heavy (non-hydrogen) atoms. The third-order valence-corrected chi connectivity index (χ3v) is 3.79. The highest BCUT2D eigenvalue weighted by Gasteiger charge is 2.13. The van der Waals surface area contributed by atoms with Crippen molar-refractivity contribution in [2.75, 3.05) is 0 Å². The molecule has 1 heterocycles. The number of aliphatic hydroxyl groups is 1. The minimum atomic E-state index is -0.626. The first kappa shape index (κ1) is 12.8. The number of halogens is 2. The smallest absolute Gasteiger partial charge is 0.101 e. The fourth-order valence-electron chi connectivity index (χ4n) is 1.53. The summed E-state index contributed by atoms with van der Waals surface area (Å²) in [5.74, 6) is 0. The van der Waals surface area contributed by atoms with Crippen molar-refractivity contribution in [2.24, 2.45) is 0 Å². The topological polar surface area (TPSA) is 33.1 Å². The van der Waals surface area contributed by atoms with Crippen LogP contribution in [0.15, 0.2) is 23.6 Å². The fraction of sp³-hybridized carbons (Fsp3) is 0.250. The molecule has 2 rings (SSSR count). The van der Waals surface area contributed by atoms with E-state index in [0.717, 1.165) is 10.6 Å². The van der Waals surface area contributed by atoms with Crippen LogP contribution >= 0.6 is 34.5 Å². The molecule has 1 aromatic heterocycles. The predicted molar refractivity (Wildman–Crippen MR) is 72.0 cm³/mol. The molecule has 1 atom stereocenters. The van der Waals surface area contributed by atoms with Gasteiger partial charge in [-0.3, -0.25) is 0 Å². The highest BCUT2D eigenvalue weighted by Crippen LogP contribution is 2.26. The van der Waals surface area contributed by atoms with Gasteiger partial charge in [-0.05, 0) is 24.6 Å². The summed E-state index contributed by atoms with van der Waals surface area (Å²) < 4.78 is 0. The molecular weight excluding hydrogens is 277 g/mol. The maximum absolute atomic E-state index is 10.0.